The van der Waals surface area contributed by atoms with Gasteiger partial charge in [0, 0.05) is 51.2 Å². The predicted molar refractivity (Wildman–Crippen MR) is 103 cm³/mol. The fourth-order valence-corrected chi connectivity index (χ4v) is 4.72. The zero-order chi connectivity index (χ0) is 17.1. The quantitative estimate of drug-likeness (QED) is 0.660. The minimum Gasteiger partial charge on any atom is -0.384 e. The minimum absolute atomic E-state index is 0.673. The van der Waals surface area contributed by atoms with Crippen LogP contribution in [0.4, 0.5) is 5.13 Å². The number of fused-ring (bicyclic) bond motifs is 1. The predicted octanol–water partition coefficient (Wildman–Crippen LogP) is 2.66. The SMILES string of the molecule is COCCc1nsc(N2CCN(Cc3nc4ccccc4s3)CC2)n1. The molecule has 0 spiro atoms. The van der Waals surface area contributed by atoms with Crippen molar-refractivity contribution in [2.45, 2.75) is 13.0 Å². The van der Waals surface area contributed by atoms with Gasteiger partial charge in [0.15, 0.2) is 0 Å². The van der Waals surface area contributed by atoms with Crippen molar-refractivity contribution in [2.75, 3.05) is 44.8 Å². The third-order valence-corrected chi connectivity index (χ3v) is 6.16. The Bertz CT molecular complexity index is 792. The number of hydrogen-bond donors (Lipinski definition) is 0. The summed E-state index contributed by atoms with van der Waals surface area (Å²) in [6, 6.07) is 8.36. The van der Waals surface area contributed by atoms with Crippen LogP contribution in [0.2, 0.25) is 0 Å². The molecule has 8 heteroatoms. The molecule has 0 N–H and O–H groups in total. The summed E-state index contributed by atoms with van der Waals surface area (Å²) >= 11 is 3.30. The van der Waals surface area contributed by atoms with Gasteiger partial charge in [0.1, 0.15) is 10.8 Å². The Morgan fingerprint density at radius 3 is 2.76 bits per heavy atom. The molecule has 2 aromatic heterocycles. The molecule has 4 rings (SSSR count). The van der Waals surface area contributed by atoms with Gasteiger partial charge in [0.05, 0.1) is 23.4 Å². The Morgan fingerprint density at radius 1 is 1.12 bits per heavy atom. The standard InChI is InChI=1S/C17H21N5OS2/c1-23-11-6-15-19-17(25-20-15)22-9-7-21(8-10-22)12-16-18-13-4-2-3-5-14(13)24-16/h2-5H,6-12H2,1H3. The number of para-hydroxylation sites is 1. The number of ether oxygens (including phenoxy) is 1. The van der Waals surface area contributed by atoms with Crippen LogP contribution in [0.25, 0.3) is 10.2 Å². The molecule has 0 unspecified atom stereocenters. The molecule has 132 valence electrons. The van der Waals surface area contributed by atoms with Crippen molar-refractivity contribution in [3.8, 4) is 0 Å². The number of aromatic nitrogens is 3. The topological polar surface area (TPSA) is 54.4 Å². The van der Waals surface area contributed by atoms with E-state index in [1.807, 2.05) is 6.07 Å². The van der Waals surface area contributed by atoms with E-state index in [4.69, 9.17) is 9.72 Å². The van der Waals surface area contributed by atoms with Crippen molar-refractivity contribution < 1.29 is 4.74 Å². The van der Waals surface area contributed by atoms with E-state index in [9.17, 15) is 0 Å². The summed E-state index contributed by atoms with van der Waals surface area (Å²) in [6.07, 6.45) is 0.782. The third-order valence-electron chi connectivity index (χ3n) is 4.33. The molecular formula is C17H21N5OS2. The van der Waals surface area contributed by atoms with Crippen molar-refractivity contribution in [1.82, 2.24) is 19.2 Å². The van der Waals surface area contributed by atoms with Crippen LogP contribution >= 0.6 is 22.9 Å². The summed E-state index contributed by atoms with van der Waals surface area (Å²) < 4.78 is 10.8. The van der Waals surface area contributed by atoms with Crippen LogP contribution in [0.15, 0.2) is 24.3 Å². The van der Waals surface area contributed by atoms with E-state index in [0.717, 1.165) is 55.6 Å². The molecule has 0 aliphatic carbocycles. The lowest BCUT2D eigenvalue weighted by atomic mass is 10.3. The van der Waals surface area contributed by atoms with Gasteiger partial charge in [-0.05, 0) is 12.1 Å². The third kappa shape index (κ3) is 3.98. The van der Waals surface area contributed by atoms with Crippen LogP contribution in [0.5, 0.6) is 0 Å². The molecule has 0 bridgehead atoms. The first-order chi connectivity index (χ1) is 12.3. The summed E-state index contributed by atoms with van der Waals surface area (Å²) in [6.45, 7) is 5.65. The molecule has 25 heavy (non-hydrogen) atoms. The highest BCUT2D eigenvalue weighted by Gasteiger charge is 2.21. The average molecular weight is 376 g/mol. The Hall–Kier alpha value is -1.61. The number of rotatable bonds is 6. The average Bonchev–Trinajstić information content (AvgIpc) is 3.27. The van der Waals surface area contributed by atoms with Gasteiger partial charge in [-0.15, -0.1) is 11.3 Å². The first-order valence-electron chi connectivity index (χ1n) is 8.45. The summed E-state index contributed by atoms with van der Waals surface area (Å²) in [5.74, 6) is 0.888. The fraction of sp³-hybridized carbons (Fsp3) is 0.471. The zero-order valence-electron chi connectivity index (χ0n) is 14.2. The van der Waals surface area contributed by atoms with Crippen molar-refractivity contribution in [3.63, 3.8) is 0 Å². The molecule has 0 radical (unpaired) electrons. The summed E-state index contributed by atoms with van der Waals surface area (Å²) in [7, 11) is 1.71. The zero-order valence-corrected chi connectivity index (χ0v) is 15.9. The van der Waals surface area contributed by atoms with Gasteiger partial charge in [-0.25, -0.2) is 9.97 Å². The summed E-state index contributed by atoms with van der Waals surface area (Å²) in [5.41, 5.74) is 1.11. The molecule has 0 atom stereocenters. The number of piperazine rings is 1. The van der Waals surface area contributed by atoms with E-state index < -0.39 is 0 Å². The van der Waals surface area contributed by atoms with Gasteiger partial charge in [0.2, 0.25) is 5.13 Å². The van der Waals surface area contributed by atoms with Crippen LogP contribution in [0.1, 0.15) is 10.8 Å². The Morgan fingerprint density at radius 2 is 1.96 bits per heavy atom. The maximum absolute atomic E-state index is 5.09. The highest BCUT2D eigenvalue weighted by Crippen LogP contribution is 2.24. The molecule has 3 aromatic rings. The maximum atomic E-state index is 5.09. The number of thiazole rings is 1. The lowest BCUT2D eigenvalue weighted by Crippen LogP contribution is -2.45. The highest BCUT2D eigenvalue weighted by molar-refractivity contribution is 7.18. The van der Waals surface area contributed by atoms with E-state index >= 15 is 0 Å². The van der Waals surface area contributed by atoms with Gasteiger partial charge in [-0.2, -0.15) is 4.37 Å². The second-order valence-corrected chi connectivity index (χ2v) is 7.92. The molecular weight excluding hydrogens is 354 g/mol. The van der Waals surface area contributed by atoms with E-state index in [1.54, 1.807) is 18.4 Å². The summed E-state index contributed by atoms with van der Waals surface area (Å²) in [5, 5.41) is 2.23. The molecule has 0 saturated carbocycles. The molecule has 0 amide bonds. The molecule has 1 fully saturated rings. The second-order valence-electron chi connectivity index (χ2n) is 6.07. The van der Waals surface area contributed by atoms with Crippen LogP contribution < -0.4 is 4.90 Å². The fourth-order valence-electron chi connectivity index (χ4n) is 2.94. The van der Waals surface area contributed by atoms with Crippen LogP contribution in [-0.4, -0.2) is 59.1 Å². The number of hydrogen-bond acceptors (Lipinski definition) is 8. The normalized spacial score (nSPS) is 16.0. The van der Waals surface area contributed by atoms with Crippen LogP contribution in [0, 0.1) is 0 Å². The summed E-state index contributed by atoms with van der Waals surface area (Å²) in [4.78, 5) is 14.2. The second kappa shape index (κ2) is 7.74. The van der Waals surface area contributed by atoms with E-state index in [0.29, 0.717) is 6.61 Å². The lowest BCUT2D eigenvalue weighted by Gasteiger charge is -2.33. The van der Waals surface area contributed by atoms with Gasteiger partial charge >= 0.3 is 0 Å². The number of anilines is 1. The highest BCUT2D eigenvalue weighted by atomic mass is 32.1. The number of benzene rings is 1. The Kier molecular flexibility index (Phi) is 5.21. The van der Waals surface area contributed by atoms with Crippen molar-refractivity contribution in [3.05, 3.63) is 35.1 Å². The molecule has 6 nitrogen and oxygen atoms in total. The van der Waals surface area contributed by atoms with Gasteiger partial charge < -0.3 is 9.64 Å². The molecule has 1 saturated heterocycles. The van der Waals surface area contributed by atoms with Crippen LogP contribution in [0.3, 0.4) is 0 Å². The largest absolute Gasteiger partial charge is 0.384 e. The molecule has 1 aliphatic rings. The van der Waals surface area contributed by atoms with E-state index in [2.05, 4.69) is 37.4 Å². The smallest absolute Gasteiger partial charge is 0.205 e. The van der Waals surface area contributed by atoms with E-state index in [1.165, 1.54) is 21.2 Å². The molecule has 3 heterocycles. The van der Waals surface area contributed by atoms with E-state index in [-0.39, 0.29) is 0 Å². The Balaban J connectivity index is 1.32. The van der Waals surface area contributed by atoms with Gasteiger partial charge in [-0.1, -0.05) is 12.1 Å². The monoisotopic (exact) mass is 375 g/mol. The first-order valence-corrected chi connectivity index (χ1v) is 10.0. The number of methoxy groups -OCH3 is 1. The lowest BCUT2D eigenvalue weighted by molar-refractivity contribution is 0.201. The minimum atomic E-state index is 0.673. The van der Waals surface area contributed by atoms with Gasteiger partial charge in [0.25, 0.3) is 0 Å². The van der Waals surface area contributed by atoms with Crippen LogP contribution in [-0.2, 0) is 17.7 Å². The van der Waals surface area contributed by atoms with Crippen molar-refractivity contribution in [1.29, 1.82) is 0 Å². The van der Waals surface area contributed by atoms with Crippen molar-refractivity contribution >= 4 is 38.2 Å². The molecule has 1 aliphatic heterocycles. The van der Waals surface area contributed by atoms with Crippen molar-refractivity contribution in [2.24, 2.45) is 0 Å². The number of nitrogens with zero attached hydrogens (tertiary/aromatic N) is 5. The Labute approximate surface area is 155 Å². The maximum Gasteiger partial charge on any atom is 0.205 e. The first kappa shape index (κ1) is 16.8. The molecule has 1 aromatic carbocycles. The van der Waals surface area contributed by atoms with Gasteiger partial charge in [-0.3, -0.25) is 4.90 Å².